The van der Waals surface area contributed by atoms with Crippen molar-refractivity contribution in [2.45, 2.75) is 25.1 Å². The molecule has 0 aliphatic carbocycles. The molecule has 0 saturated heterocycles. The van der Waals surface area contributed by atoms with Gasteiger partial charge in [-0.2, -0.15) is 0 Å². The van der Waals surface area contributed by atoms with Gasteiger partial charge in [-0.05, 0) is 37.6 Å². The highest BCUT2D eigenvalue weighted by Gasteiger charge is 2.29. The van der Waals surface area contributed by atoms with Gasteiger partial charge in [0.05, 0.1) is 4.75 Å². The van der Waals surface area contributed by atoms with Crippen LogP contribution in [0.2, 0.25) is 0 Å². The Labute approximate surface area is 123 Å². The molecule has 21 heavy (non-hydrogen) atoms. The molecule has 8 heteroatoms. The maximum Gasteiger partial charge on any atom is 0.170 e. The molecule has 0 amide bonds. The SMILES string of the molecule is CC(C)(CNCc1cc(F)cc(/C(N)=N/O)c1)S(C)(=O)=O. The number of hydrogen-bond donors (Lipinski definition) is 3. The van der Waals surface area contributed by atoms with Crippen molar-refractivity contribution >= 4 is 15.7 Å². The third kappa shape index (κ3) is 4.68. The van der Waals surface area contributed by atoms with Gasteiger partial charge in [0.1, 0.15) is 5.82 Å². The van der Waals surface area contributed by atoms with Gasteiger partial charge in [0.25, 0.3) is 0 Å². The minimum Gasteiger partial charge on any atom is -0.409 e. The number of nitrogens with two attached hydrogens (primary N) is 1. The first kappa shape index (κ1) is 17.4. The van der Waals surface area contributed by atoms with Crippen LogP contribution in [0.4, 0.5) is 4.39 Å². The first-order valence-electron chi connectivity index (χ1n) is 6.24. The van der Waals surface area contributed by atoms with Crippen LogP contribution in [0.15, 0.2) is 23.4 Å². The van der Waals surface area contributed by atoms with Gasteiger partial charge in [0.2, 0.25) is 0 Å². The fourth-order valence-corrected chi connectivity index (χ4v) is 1.96. The molecule has 0 unspecified atom stereocenters. The van der Waals surface area contributed by atoms with Crippen LogP contribution >= 0.6 is 0 Å². The number of sulfone groups is 1. The molecule has 118 valence electrons. The zero-order valence-corrected chi connectivity index (χ0v) is 13.0. The van der Waals surface area contributed by atoms with Gasteiger partial charge in [-0.25, -0.2) is 12.8 Å². The Kier molecular flexibility index (Phi) is 5.30. The van der Waals surface area contributed by atoms with Gasteiger partial charge in [-0.15, -0.1) is 0 Å². The second-order valence-electron chi connectivity index (χ2n) is 5.47. The lowest BCUT2D eigenvalue weighted by Crippen LogP contribution is -2.41. The lowest BCUT2D eigenvalue weighted by molar-refractivity contribution is 0.318. The Balaban J connectivity index is 2.79. The summed E-state index contributed by atoms with van der Waals surface area (Å²) in [6.45, 7) is 3.72. The van der Waals surface area contributed by atoms with Crippen LogP contribution in [-0.2, 0) is 16.4 Å². The zero-order valence-electron chi connectivity index (χ0n) is 12.2. The maximum atomic E-state index is 13.5. The van der Waals surface area contributed by atoms with E-state index in [0.717, 1.165) is 6.07 Å². The van der Waals surface area contributed by atoms with E-state index in [1.54, 1.807) is 19.9 Å². The third-order valence-corrected chi connectivity index (χ3v) is 5.40. The van der Waals surface area contributed by atoms with Crippen molar-refractivity contribution in [3.63, 3.8) is 0 Å². The number of hydrogen-bond acceptors (Lipinski definition) is 5. The summed E-state index contributed by atoms with van der Waals surface area (Å²) in [5.41, 5.74) is 6.25. The molecule has 0 radical (unpaired) electrons. The lowest BCUT2D eigenvalue weighted by Gasteiger charge is -2.22. The third-order valence-electron chi connectivity index (χ3n) is 3.24. The van der Waals surface area contributed by atoms with Crippen LogP contribution in [0.25, 0.3) is 0 Å². The Morgan fingerprint density at radius 1 is 1.43 bits per heavy atom. The molecule has 4 N–H and O–H groups in total. The summed E-state index contributed by atoms with van der Waals surface area (Å²) < 4.78 is 35.7. The maximum absolute atomic E-state index is 13.5. The van der Waals surface area contributed by atoms with Gasteiger partial charge in [-0.1, -0.05) is 5.16 Å². The zero-order chi connectivity index (χ0) is 16.3. The van der Waals surface area contributed by atoms with Gasteiger partial charge in [0, 0.05) is 24.9 Å². The minimum atomic E-state index is -3.20. The number of halogens is 1. The summed E-state index contributed by atoms with van der Waals surface area (Å²) in [5.74, 6) is -0.703. The van der Waals surface area contributed by atoms with Gasteiger partial charge >= 0.3 is 0 Å². The van der Waals surface area contributed by atoms with Gasteiger partial charge in [-0.3, -0.25) is 0 Å². The van der Waals surface area contributed by atoms with Crippen LogP contribution in [0.3, 0.4) is 0 Å². The van der Waals surface area contributed by atoms with Gasteiger partial charge in [0.15, 0.2) is 15.7 Å². The van der Waals surface area contributed by atoms with Gasteiger partial charge < -0.3 is 16.3 Å². The standard InChI is InChI=1S/C13H20FN3O3S/c1-13(2,21(3,19)20)8-16-7-9-4-10(12(15)17-18)6-11(14)5-9/h4-6,16,18H,7-8H2,1-3H3,(H2,15,17). The molecule has 0 atom stereocenters. The molecule has 0 aliphatic rings. The second kappa shape index (κ2) is 6.40. The second-order valence-corrected chi connectivity index (χ2v) is 8.12. The largest absolute Gasteiger partial charge is 0.409 e. The summed E-state index contributed by atoms with van der Waals surface area (Å²) in [6, 6.07) is 4.02. The number of oxime groups is 1. The average Bonchev–Trinajstić information content (AvgIpc) is 2.35. The smallest absolute Gasteiger partial charge is 0.170 e. The van der Waals surface area contributed by atoms with Crippen LogP contribution < -0.4 is 11.1 Å². The van der Waals surface area contributed by atoms with Crippen molar-refractivity contribution in [2.24, 2.45) is 10.9 Å². The first-order chi connectivity index (χ1) is 9.56. The molecule has 0 aromatic heterocycles. The molecular formula is C13H20FN3O3S. The lowest BCUT2D eigenvalue weighted by atomic mass is 10.1. The molecular weight excluding hydrogens is 297 g/mol. The van der Waals surface area contributed by atoms with Crippen molar-refractivity contribution in [1.82, 2.24) is 5.32 Å². The van der Waals surface area contributed by atoms with E-state index in [1.165, 1.54) is 12.3 Å². The highest BCUT2D eigenvalue weighted by molar-refractivity contribution is 7.92. The van der Waals surface area contributed by atoms with Crippen molar-refractivity contribution in [3.05, 3.63) is 35.1 Å². The average molecular weight is 317 g/mol. The topological polar surface area (TPSA) is 105 Å². The van der Waals surface area contributed by atoms with Crippen molar-refractivity contribution in [1.29, 1.82) is 0 Å². The molecule has 1 aromatic rings. The molecule has 1 aromatic carbocycles. The van der Waals surface area contributed by atoms with E-state index in [0.29, 0.717) is 5.56 Å². The summed E-state index contributed by atoms with van der Waals surface area (Å²) in [5, 5.41) is 14.4. The molecule has 0 spiro atoms. The number of rotatable bonds is 6. The van der Waals surface area contributed by atoms with Crippen LogP contribution in [0, 0.1) is 5.82 Å². The minimum absolute atomic E-state index is 0.188. The van der Waals surface area contributed by atoms with Crippen molar-refractivity contribution in [2.75, 3.05) is 12.8 Å². The predicted molar refractivity (Wildman–Crippen MR) is 79.5 cm³/mol. The number of amidine groups is 1. The monoisotopic (exact) mass is 317 g/mol. The van der Waals surface area contributed by atoms with Crippen molar-refractivity contribution in [3.8, 4) is 0 Å². The van der Waals surface area contributed by atoms with E-state index >= 15 is 0 Å². The molecule has 0 aliphatic heterocycles. The Hall–Kier alpha value is -1.67. The van der Waals surface area contributed by atoms with Crippen LogP contribution in [0.1, 0.15) is 25.0 Å². The Bertz CT molecular complexity index is 642. The predicted octanol–water partition coefficient (Wildman–Crippen LogP) is 0.833. The first-order valence-corrected chi connectivity index (χ1v) is 8.13. The molecule has 0 fully saturated rings. The van der Waals surface area contributed by atoms with Crippen molar-refractivity contribution < 1.29 is 18.0 Å². The van der Waals surface area contributed by atoms with E-state index in [1.807, 2.05) is 0 Å². The molecule has 0 heterocycles. The van der Waals surface area contributed by atoms with E-state index in [4.69, 9.17) is 10.9 Å². The number of nitrogens with zero attached hydrogens (tertiary/aromatic N) is 1. The number of benzene rings is 1. The highest BCUT2D eigenvalue weighted by atomic mass is 32.2. The van der Waals surface area contributed by atoms with E-state index in [-0.39, 0.29) is 24.5 Å². The quantitative estimate of drug-likeness (QED) is 0.312. The highest BCUT2D eigenvalue weighted by Crippen LogP contribution is 2.14. The Morgan fingerprint density at radius 2 is 2.05 bits per heavy atom. The fraction of sp³-hybridized carbons (Fsp3) is 0.462. The molecule has 0 saturated carbocycles. The fourth-order valence-electron chi connectivity index (χ4n) is 1.60. The van der Waals surface area contributed by atoms with E-state index in [9.17, 15) is 12.8 Å². The normalized spacial score (nSPS) is 13.4. The van der Waals surface area contributed by atoms with E-state index < -0.39 is 20.4 Å². The summed E-state index contributed by atoms with van der Waals surface area (Å²) in [7, 11) is -3.20. The van der Waals surface area contributed by atoms with Crippen LogP contribution in [0.5, 0.6) is 0 Å². The van der Waals surface area contributed by atoms with Crippen LogP contribution in [-0.4, -0.2) is 37.0 Å². The molecule has 1 rings (SSSR count). The molecule has 6 nitrogen and oxygen atoms in total. The summed E-state index contributed by atoms with van der Waals surface area (Å²) in [6.07, 6.45) is 1.17. The summed E-state index contributed by atoms with van der Waals surface area (Å²) >= 11 is 0. The molecule has 0 bridgehead atoms. The van der Waals surface area contributed by atoms with E-state index in [2.05, 4.69) is 10.5 Å². The number of nitrogens with one attached hydrogen (secondary N) is 1. The Morgan fingerprint density at radius 3 is 2.57 bits per heavy atom. The summed E-state index contributed by atoms with van der Waals surface area (Å²) in [4.78, 5) is 0.